The third-order valence-electron chi connectivity index (χ3n) is 5.92. The summed E-state index contributed by atoms with van der Waals surface area (Å²) in [5.41, 5.74) is 2.12. The number of hydrogen-bond acceptors (Lipinski definition) is 6. The fourth-order valence-electron chi connectivity index (χ4n) is 4.25. The molecule has 8 heteroatoms. The van der Waals surface area contributed by atoms with Gasteiger partial charge in [0.1, 0.15) is 5.82 Å². The number of aromatic nitrogens is 3. The van der Waals surface area contributed by atoms with E-state index in [9.17, 15) is 4.79 Å². The minimum absolute atomic E-state index is 0.0398. The summed E-state index contributed by atoms with van der Waals surface area (Å²) >= 11 is 1.76. The van der Waals surface area contributed by atoms with Crippen LogP contribution in [0.2, 0.25) is 0 Å². The summed E-state index contributed by atoms with van der Waals surface area (Å²) in [6, 6.07) is 8.13. The number of nitrogens with one attached hydrogen (secondary N) is 1. The average molecular weight is 430 g/mol. The Morgan fingerprint density at radius 2 is 1.97 bits per heavy atom. The summed E-state index contributed by atoms with van der Waals surface area (Å²) in [7, 11) is 2.09. The Balaban J connectivity index is 1.26. The highest BCUT2D eigenvalue weighted by Gasteiger charge is 2.26. The van der Waals surface area contributed by atoms with Gasteiger partial charge in [-0.15, -0.1) is 10.2 Å². The molecule has 1 aromatic carbocycles. The Labute approximate surface area is 182 Å². The van der Waals surface area contributed by atoms with Crippen LogP contribution in [0.25, 0.3) is 0 Å². The van der Waals surface area contributed by atoms with Gasteiger partial charge in [-0.1, -0.05) is 23.9 Å². The maximum Gasteiger partial charge on any atom is 0.221 e. The normalized spacial score (nSPS) is 20.5. The summed E-state index contributed by atoms with van der Waals surface area (Å²) in [6.45, 7) is 5.48. The Morgan fingerprint density at radius 1 is 1.20 bits per heavy atom. The summed E-state index contributed by atoms with van der Waals surface area (Å²) in [4.78, 5) is 13.6. The van der Waals surface area contributed by atoms with Crippen LogP contribution in [0.4, 0.5) is 5.69 Å². The number of nitrogens with zero attached hydrogens (tertiary/aromatic N) is 4. The molecule has 1 N–H and O–H groups in total. The quantitative estimate of drug-likeness (QED) is 0.680. The maximum atomic E-state index is 11.1. The van der Waals surface area contributed by atoms with Crippen LogP contribution in [-0.4, -0.2) is 57.1 Å². The average Bonchev–Trinajstić information content (AvgIpc) is 3.38. The van der Waals surface area contributed by atoms with Crippen molar-refractivity contribution in [1.29, 1.82) is 0 Å². The molecule has 30 heavy (non-hydrogen) atoms. The van der Waals surface area contributed by atoms with E-state index in [0.717, 1.165) is 67.9 Å². The van der Waals surface area contributed by atoms with E-state index in [0.29, 0.717) is 12.0 Å². The lowest BCUT2D eigenvalue weighted by molar-refractivity contribution is -0.114. The number of benzene rings is 1. The van der Waals surface area contributed by atoms with Gasteiger partial charge in [-0.2, -0.15) is 0 Å². The van der Waals surface area contributed by atoms with Gasteiger partial charge < -0.3 is 14.6 Å². The van der Waals surface area contributed by atoms with Crippen molar-refractivity contribution in [2.24, 2.45) is 7.05 Å². The molecule has 1 atom stereocenters. The molecular weight excluding hydrogens is 398 g/mol. The van der Waals surface area contributed by atoms with Crippen LogP contribution in [0.1, 0.15) is 49.9 Å². The Bertz CT molecular complexity index is 840. The largest absolute Gasteiger partial charge is 0.377 e. The van der Waals surface area contributed by atoms with Crippen molar-refractivity contribution in [2.45, 2.75) is 56.3 Å². The molecule has 2 saturated heterocycles. The number of hydrogen-bond donors (Lipinski definition) is 1. The molecule has 162 valence electrons. The molecule has 2 aliphatic rings. The molecule has 0 bridgehead atoms. The molecule has 4 rings (SSSR count). The van der Waals surface area contributed by atoms with Crippen LogP contribution < -0.4 is 5.32 Å². The Hall–Kier alpha value is -1.90. The minimum atomic E-state index is -0.0398. The number of carbonyl (C=O) groups excluding carboxylic acids is 1. The standard InChI is InChI=1S/C22H31N5O2S/c1-16(28)23-19-7-5-17(6-8-19)14-27-11-9-18(10-12-27)21-24-25-22(26(21)2)30-15-20-4-3-13-29-20/h5-8,18,20H,3-4,9-15H2,1-2H3,(H,23,28)/t20-/m1/s1. The van der Waals surface area contributed by atoms with Crippen molar-refractivity contribution in [3.8, 4) is 0 Å². The third-order valence-corrected chi connectivity index (χ3v) is 7.08. The highest BCUT2D eigenvalue weighted by atomic mass is 32.2. The fourth-order valence-corrected chi connectivity index (χ4v) is 5.24. The Kier molecular flexibility index (Phi) is 7.07. The van der Waals surface area contributed by atoms with Crippen molar-refractivity contribution >= 4 is 23.4 Å². The van der Waals surface area contributed by atoms with Gasteiger partial charge in [0.05, 0.1) is 6.10 Å². The molecule has 7 nitrogen and oxygen atoms in total. The second-order valence-corrected chi connectivity index (χ2v) is 9.26. The number of likely N-dealkylation sites (tertiary alicyclic amines) is 1. The van der Waals surface area contributed by atoms with E-state index in [1.807, 2.05) is 12.1 Å². The van der Waals surface area contributed by atoms with E-state index < -0.39 is 0 Å². The smallest absolute Gasteiger partial charge is 0.221 e. The first-order valence-corrected chi connectivity index (χ1v) is 11.8. The van der Waals surface area contributed by atoms with Gasteiger partial charge in [0.15, 0.2) is 5.16 Å². The van der Waals surface area contributed by atoms with E-state index in [2.05, 4.69) is 44.2 Å². The highest BCUT2D eigenvalue weighted by Crippen LogP contribution is 2.30. The van der Waals surface area contributed by atoms with Crippen LogP contribution in [-0.2, 0) is 23.1 Å². The topological polar surface area (TPSA) is 72.3 Å². The molecule has 0 unspecified atom stereocenters. The SMILES string of the molecule is CC(=O)Nc1ccc(CN2CCC(c3nnc(SC[C@H]4CCCO4)n3C)CC2)cc1. The van der Waals surface area contributed by atoms with Crippen LogP contribution in [0.15, 0.2) is 29.4 Å². The molecule has 2 aliphatic heterocycles. The van der Waals surface area contributed by atoms with Crippen molar-refractivity contribution in [2.75, 3.05) is 30.8 Å². The van der Waals surface area contributed by atoms with Gasteiger partial charge in [0.2, 0.25) is 5.91 Å². The number of rotatable bonds is 7. The van der Waals surface area contributed by atoms with Crippen LogP contribution in [0, 0.1) is 0 Å². The predicted molar refractivity (Wildman–Crippen MR) is 119 cm³/mol. The predicted octanol–water partition coefficient (Wildman–Crippen LogP) is 3.42. The van der Waals surface area contributed by atoms with Crippen molar-refractivity contribution < 1.29 is 9.53 Å². The molecule has 0 radical (unpaired) electrons. The zero-order valence-corrected chi connectivity index (χ0v) is 18.7. The van der Waals surface area contributed by atoms with Gasteiger partial charge in [-0.05, 0) is 56.5 Å². The number of thioether (sulfide) groups is 1. The van der Waals surface area contributed by atoms with Gasteiger partial charge in [-0.25, -0.2) is 0 Å². The molecule has 2 aromatic rings. The molecule has 2 fully saturated rings. The van der Waals surface area contributed by atoms with Crippen molar-refractivity contribution in [3.05, 3.63) is 35.7 Å². The van der Waals surface area contributed by atoms with Gasteiger partial charge >= 0.3 is 0 Å². The second kappa shape index (κ2) is 9.94. The molecule has 3 heterocycles. The van der Waals surface area contributed by atoms with Gasteiger partial charge in [0, 0.05) is 44.5 Å². The molecule has 1 amide bonds. The zero-order valence-electron chi connectivity index (χ0n) is 17.8. The van der Waals surface area contributed by atoms with Crippen LogP contribution >= 0.6 is 11.8 Å². The lowest BCUT2D eigenvalue weighted by Gasteiger charge is -2.31. The summed E-state index contributed by atoms with van der Waals surface area (Å²) in [5, 5.41) is 12.8. The van der Waals surface area contributed by atoms with E-state index >= 15 is 0 Å². The third kappa shape index (κ3) is 5.42. The first-order chi connectivity index (χ1) is 14.6. The lowest BCUT2D eigenvalue weighted by atomic mass is 9.95. The van der Waals surface area contributed by atoms with E-state index in [1.54, 1.807) is 11.8 Å². The lowest BCUT2D eigenvalue weighted by Crippen LogP contribution is -2.33. The second-order valence-electron chi connectivity index (χ2n) is 8.27. The number of carbonyl (C=O) groups is 1. The molecule has 0 saturated carbocycles. The molecule has 0 spiro atoms. The van der Waals surface area contributed by atoms with Crippen LogP contribution in [0.5, 0.6) is 0 Å². The van der Waals surface area contributed by atoms with E-state index in [4.69, 9.17) is 4.74 Å². The first-order valence-electron chi connectivity index (χ1n) is 10.8. The van der Waals surface area contributed by atoms with E-state index in [-0.39, 0.29) is 5.91 Å². The minimum Gasteiger partial charge on any atom is -0.377 e. The van der Waals surface area contributed by atoms with Crippen LogP contribution in [0.3, 0.4) is 0 Å². The summed E-state index contributed by atoms with van der Waals surface area (Å²) < 4.78 is 7.90. The Morgan fingerprint density at radius 3 is 2.63 bits per heavy atom. The number of piperidine rings is 1. The molecular formula is C22H31N5O2S. The zero-order chi connectivity index (χ0) is 20.9. The van der Waals surface area contributed by atoms with Crippen molar-refractivity contribution in [1.82, 2.24) is 19.7 Å². The fraction of sp³-hybridized carbons (Fsp3) is 0.591. The first kappa shape index (κ1) is 21.3. The molecule has 0 aliphatic carbocycles. The van der Waals surface area contributed by atoms with Gasteiger partial charge in [-0.3, -0.25) is 9.69 Å². The van der Waals surface area contributed by atoms with Crippen molar-refractivity contribution in [3.63, 3.8) is 0 Å². The number of amides is 1. The van der Waals surface area contributed by atoms with Gasteiger partial charge in [0.25, 0.3) is 0 Å². The molecule has 1 aromatic heterocycles. The summed E-state index contributed by atoms with van der Waals surface area (Å²) in [6.07, 6.45) is 4.91. The maximum absolute atomic E-state index is 11.1. The number of anilines is 1. The van der Waals surface area contributed by atoms with E-state index in [1.165, 1.54) is 18.9 Å². The highest BCUT2D eigenvalue weighted by molar-refractivity contribution is 7.99. The number of ether oxygens (including phenoxy) is 1. The summed E-state index contributed by atoms with van der Waals surface area (Å²) in [5.74, 6) is 2.51. The monoisotopic (exact) mass is 429 g/mol.